The Kier molecular flexibility index (Phi) is 5.24. The highest BCUT2D eigenvalue weighted by Crippen LogP contribution is 2.33. The molecule has 1 unspecified atom stereocenters. The summed E-state index contributed by atoms with van der Waals surface area (Å²) in [6.45, 7) is 2.39. The Morgan fingerprint density at radius 3 is 2.86 bits per heavy atom. The van der Waals surface area contributed by atoms with E-state index in [1.165, 1.54) is 0 Å². The minimum atomic E-state index is -0.562. The molecule has 0 saturated carbocycles. The van der Waals surface area contributed by atoms with Crippen LogP contribution >= 0.6 is 0 Å². The molecule has 1 aromatic carbocycles. The SMILES string of the molecule is CC1Oc2ccccc2N(CCC(=O)NCc2ccc(-n3ccnc3)nc2)C1=O. The van der Waals surface area contributed by atoms with Crippen LogP contribution in [0.1, 0.15) is 18.9 Å². The van der Waals surface area contributed by atoms with Crippen LogP contribution in [0, 0.1) is 0 Å². The van der Waals surface area contributed by atoms with Gasteiger partial charge in [-0.1, -0.05) is 18.2 Å². The van der Waals surface area contributed by atoms with E-state index in [1.54, 1.807) is 35.1 Å². The van der Waals surface area contributed by atoms with E-state index in [9.17, 15) is 9.59 Å². The number of anilines is 1. The van der Waals surface area contributed by atoms with Crippen LogP contribution in [0.4, 0.5) is 5.69 Å². The summed E-state index contributed by atoms with van der Waals surface area (Å²) in [4.78, 5) is 34.7. The van der Waals surface area contributed by atoms with E-state index < -0.39 is 6.10 Å². The Balaban J connectivity index is 1.32. The van der Waals surface area contributed by atoms with E-state index >= 15 is 0 Å². The molecule has 4 rings (SSSR count). The number of benzene rings is 1. The normalized spacial score (nSPS) is 15.6. The van der Waals surface area contributed by atoms with Gasteiger partial charge in [0.05, 0.1) is 5.69 Å². The Hall–Kier alpha value is -3.68. The molecule has 2 amide bonds. The molecule has 0 bridgehead atoms. The fourth-order valence-corrected chi connectivity index (χ4v) is 3.16. The number of hydrogen-bond donors (Lipinski definition) is 1. The number of aromatic nitrogens is 3. The first kappa shape index (κ1) is 18.7. The second kappa shape index (κ2) is 8.14. The number of carbonyl (C=O) groups excluding carboxylic acids is 2. The summed E-state index contributed by atoms with van der Waals surface area (Å²) in [5.41, 5.74) is 1.59. The maximum Gasteiger partial charge on any atom is 0.267 e. The van der Waals surface area contributed by atoms with Crippen LogP contribution in [0.5, 0.6) is 5.75 Å². The molecule has 0 aliphatic carbocycles. The van der Waals surface area contributed by atoms with Crippen molar-refractivity contribution in [2.45, 2.75) is 26.0 Å². The number of para-hydroxylation sites is 2. The van der Waals surface area contributed by atoms with Crippen LogP contribution < -0.4 is 15.0 Å². The molecule has 2 aromatic heterocycles. The van der Waals surface area contributed by atoms with E-state index in [0.29, 0.717) is 24.5 Å². The van der Waals surface area contributed by atoms with Gasteiger partial charge in [0.1, 0.15) is 17.9 Å². The Labute approximate surface area is 168 Å². The van der Waals surface area contributed by atoms with Crippen molar-refractivity contribution in [1.29, 1.82) is 0 Å². The second-order valence-corrected chi connectivity index (χ2v) is 6.74. The van der Waals surface area contributed by atoms with E-state index in [1.807, 2.05) is 42.6 Å². The number of hydrogen-bond acceptors (Lipinski definition) is 5. The Bertz CT molecular complexity index is 1000. The van der Waals surface area contributed by atoms with Crippen LogP contribution in [0.3, 0.4) is 0 Å². The Morgan fingerprint density at radius 2 is 2.10 bits per heavy atom. The number of pyridine rings is 1. The monoisotopic (exact) mass is 391 g/mol. The van der Waals surface area contributed by atoms with Crippen LogP contribution in [0.2, 0.25) is 0 Å². The van der Waals surface area contributed by atoms with Gasteiger partial charge in [-0.05, 0) is 30.7 Å². The zero-order valence-electron chi connectivity index (χ0n) is 16.0. The van der Waals surface area contributed by atoms with Gasteiger partial charge in [0.15, 0.2) is 6.10 Å². The zero-order valence-corrected chi connectivity index (χ0v) is 16.0. The van der Waals surface area contributed by atoms with Gasteiger partial charge in [-0.15, -0.1) is 0 Å². The molecule has 0 saturated heterocycles. The molecular weight excluding hydrogens is 370 g/mol. The van der Waals surface area contributed by atoms with Crippen LogP contribution in [0.25, 0.3) is 5.82 Å². The van der Waals surface area contributed by atoms with E-state index in [0.717, 1.165) is 11.4 Å². The molecule has 29 heavy (non-hydrogen) atoms. The van der Waals surface area contributed by atoms with Gasteiger partial charge in [-0.2, -0.15) is 0 Å². The molecule has 8 heteroatoms. The molecule has 3 heterocycles. The van der Waals surface area contributed by atoms with Crippen molar-refractivity contribution < 1.29 is 14.3 Å². The van der Waals surface area contributed by atoms with Gasteiger partial charge < -0.3 is 15.0 Å². The highest BCUT2D eigenvalue weighted by Gasteiger charge is 2.31. The third-order valence-electron chi connectivity index (χ3n) is 4.70. The molecule has 0 fully saturated rings. The van der Waals surface area contributed by atoms with Gasteiger partial charge >= 0.3 is 0 Å². The summed E-state index contributed by atoms with van der Waals surface area (Å²) in [6, 6.07) is 11.1. The predicted molar refractivity (Wildman–Crippen MR) is 107 cm³/mol. The Morgan fingerprint density at radius 1 is 1.24 bits per heavy atom. The van der Waals surface area contributed by atoms with Gasteiger partial charge in [0, 0.05) is 38.1 Å². The summed E-state index contributed by atoms with van der Waals surface area (Å²) in [5.74, 6) is 1.14. The first-order chi connectivity index (χ1) is 14.1. The summed E-state index contributed by atoms with van der Waals surface area (Å²) < 4.78 is 7.42. The van der Waals surface area contributed by atoms with Gasteiger partial charge in [-0.25, -0.2) is 9.97 Å². The van der Waals surface area contributed by atoms with Gasteiger partial charge in [-0.3, -0.25) is 14.2 Å². The molecule has 0 radical (unpaired) electrons. The number of nitrogens with one attached hydrogen (secondary N) is 1. The average molecular weight is 391 g/mol. The van der Waals surface area contributed by atoms with Crippen LogP contribution in [0.15, 0.2) is 61.3 Å². The van der Waals surface area contributed by atoms with Crippen molar-refractivity contribution >= 4 is 17.5 Å². The number of fused-ring (bicyclic) bond motifs is 1. The number of imidazole rings is 1. The fourth-order valence-electron chi connectivity index (χ4n) is 3.16. The van der Waals surface area contributed by atoms with Crippen molar-refractivity contribution in [3.63, 3.8) is 0 Å². The third kappa shape index (κ3) is 4.11. The highest BCUT2D eigenvalue weighted by molar-refractivity contribution is 6.00. The maximum absolute atomic E-state index is 12.5. The second-order valence-electron chi connectivity index (χ2n) is 6.74. The fraction of sp³-hybridized carbons (Fsp3) is 0.238. The smallest absolute Gasteiger partial charge is 0.267 e. The number of carbonyl (C=O) groups is 2. The lowest BCUT2D eigenvalue weighted by molar-refractivity contribution is -0.125. The topological polar surface area (TPSA) is 89.3 Å². The van der Waals surface area contributed by atoms with Crippen LogP contribution in [-0.4, -0.2) is 39.0 Å². The lowest BCUT2D eigenvalue weighted by atomic mass is 10.1. The minimum absolute atomic E-state index is 0.131. The molecule has 1 aliphatic heterocycles. The van der Waals surface area contributed by atoms with E-state index in [-0.39, 0.29) is 18.2 Å². The summed E-state index contributed by atoms with van der Waals surface area (Å²) in [6.07, 6.45) is 6.54. The van der Waals surface area contributed by atoms with Crippen molar-refractivity contribution in [3.8, 4) is 11.6 Å². The molecule has 8 nitrogen and oxygen atoms in total. The van der Waals surface area contributed by atoms with Gasteiger partial charge in [0.25, 0.3) is 5.91 Å². The number of nitrogens with zero attached hydrogens (tertiary/aromatic N) is 4. The number of rotatable bonds is 6. The number of ether oxygens (including phenoxy) is 1. The van der Waals surface area contributed by atoms with Crippen molar-refractivity contribution in [2.75, 3.05) is 11.4 Å². The van der Waals surface area contributed by atoms with Crippen molar-refractivity contribution in [3.05, 3.63) is 66.9 Å². The first-order valence-electron chi connectivity index (χ1n) is 9.39. The third-order valence-corrected chi connectivity index (χ3v) is 4.70. The van der Waals surface area contributed by atoms with Gasteiger partial charge in [0.2, 0.25) is 5.91 Å². The molecule has 1 N–H and O–H groups in total. The molecule has 148 valence electrons. The predicted octanol–water partition coefficient (Wildman–Crippen LogP) is 2.09. The summed E-state index contributed by atoms with van der Waals surface area (Å²) in [5, 5.41) is 2.88. The lowest BCUT2D eigenvalue weighted by Crippen LogP contribution is -2.45. The van der Waals surface area contributed by atoms with Crippen LogP contribution in [-0.2, 0) is 16.1 Å². The zero-order chi connectivity index (χ0) is 20.2. The van der Waals surface area contributed by atoms with Crippen molar-refractivity contribution in [2.24, 2.45) is 0 Å². The molecule has 1 aliphatic rings. The van der Waals surface area contributed by atoms with Crippen molar-refractivity contribution in [1.82, 2.24) is 19.9 Å². The largest absolute Gasteiger partial charge is 0.479 e. The van der Waals surface area contributed by atoms with E-state index in [4.69, 9.17) is 4.74 Å². The molecule has 0 spiro atoms. The molecule has 3 aromatic rings. The molecule has 1 atom stereocenters. The quantitative estimate of drug-likeness (QED) is 0.695. The minimum Gasteiger partial charge on any atom is -0.479 e. The summed E-state index contributed by atoms with van der Waals surface area (Å²) >= 11 is 0. The lowest BCUT2D eigenvalue weighted by Gasteiger charge is -2.32. The average Bonchev–Trinajstić information content (AvgIpc) is 3.28. The van der Waals surface area contributed by atoms with E-state index in [2.05, 4.69) is 15.3 Å². The summed E-state index contributed by atoms with van der Waals surface area (Å²) in [7, 11) is 0. The number of amides is 2. The first-order valence-corrected chi connectivity index (χ1v) is 9.39. The standard InChI is InChI=1S/C21H21N5O3/c1-15-21(28)26(17-4-2-3-5-18(17)29-15)10-8-20(27)24-13-16-6-7-19(23-12-16)25-11-9-22-14-25/h2-7,9,11-12,14-15H,8,10,13H2,1H3,(H,24,27). The maximum atomic E-state index is 12.5. The highest BCUT2D eigenvalue weighted by atomic mass is 16.5. The molecular formula is C21H21N5O3.